The fraction of sp³-hybridized carbons (Fsp3) is 0.600. The van der Waals surface area contributed by atoms with E-state index in [0.29, 0.717) is 5.92 Å². The number of ketones is 1. The van der Waals surface area contributed by atoms with Crippen molar-refractivity contribution in [1.29, 1.82) is 0 Å². The van der Waals surface area contributed by atoms with Crippen LogP contribution in [0.4, 0.5) is 13.2 Å². The third-order valence-electron chi connectivity index (χ3n) is 4.07. The molecule has 1 aliphatic rings. The van der Waals surface area contributed by atoms with Crippen molar-refractivity contribution in [3.8, 4) is 0 Å². The summed E-state index contributed by atoms with van der Waals surface area (Å²) in [6.45, 7) is 2.11. The van der Waals surface area contributed by atoms with E-state index in [4.69, 9.17) is 0 Å². The van der Waals surface area contributed by atoms with Crippen LogP contribution in [0.1, 0.15) is 55.1 Å². The second-order valence-corrected chi connectivity index (χ2v) is 5.43. The Labute approximate surface area is 116 Å². The number of Topliss-reactive ketones (excluding diaryl/α,β-unsaturated/α-hetero) is 1. The van der Waals surface area contributed by atoms with E-state index in [9.17, 15) is 18.0 Å². The zero-order valence-electron chi connectivity index (χ0n) is 11.4. The van der Waals surface area contributed by atoms with Gasteiger partial charge in [0.2, 0.25) is 0 Å². The van der Waals surface area contributed by atoms with Crippen LogP contribution in [0.15, 0.2) is 18.3 Å². The highest BCUT2D eigenvalue weighted by atomic mass is 19.4. The van der Waals surface area contributed by atoms with Crippen molar-refractivity contribution in [3.05, 3.63) is 29.6 Å². The molecule has 110 valence electrons. The molecule has 1 aliphatic carbocycles. The molecule has 1 saturated carbocycles. The predicted octanol–water partition coefficient (Wildman–Crippen LogP) is 4.50. The lowest BCUT2D eigenvalue weighted by molar-refractivity contribution is -0.137. The lowest BCUT2D eigenvalue weighted by Crippen LogP contribution is -2.23. The summed E-state index contributed by atoms with van der Waals surface area (Å²) in [5.41, 5.74) is -0.663. The fourth-order valence-corrected chi connectivity index (χ4v) is 2.82. The molecule has 0 spiro atoms. The van der Waals surface area contributed by atoms with Gasteiger partial charge in [0.25, 0.3) is 0 Å². The Balaban J connectivity index is 2.09. The van der Waals surface area contributed by atoms with Crippen molar-refractivity contribution in [2.45, 2.75) is 45.2 Å². The average molecular weight is 285 g/mol. The van der Waals surface area contributed by atoms with E-state index in [1.54, 1.807) is 0 Å². The summed E-state index contributed by atoms with van der Waals surface area (Å²) in [6.07, 6.45) is 1.18. The summed E-state index contributed by atoms with van der Waals surface area (Å²) >= 11 is 0. The molecule has 2 atom stereocenters. The standard InChI is InChI=1S/C15H18F3NO/c1-2-10-4-3-5-11(8-10)14(20)13-7-6-12(9-19-13)15(16,17)18/h6-7,9-11H,2-5,8H2,1H3. The van der Waals surface area contributed by atoms with Crippen LogP contribution in [0.2, 0.25) is 0 Å². The number of carbonyl (C=O) groups excluding carboxylic acids is 1. The summed E-state index contributed by atoms with van der Waals surface area (Å²) in [5.74, 6) is 0.349. The quantitative estimate of drug-likeness (QED) is 0.765. The summed E-state index contributed by atoms with van der Waals surface area (Å²) in [7, 11) is 0. The molecule has 1 fully saturated rings. The van der Waals surface area contributed by atoms with Crippen LogP contribution < -0.4 is 0 Å². The molecule has 0 aromatic carbocycles. The third-order valence-corrected chi connectivity index (χ3v) is 4.07. The van der Waals surface area contributed by atoms with Gasteiger partial charge in [-0.25, -0.2) is 0 Å². The smallest absolute Gasteiger partial charge is 0.292 e. The highest BCUT2D eigenvalue weighted by Gasteiger charge is 2.32. The second kappa shape index (κ2) is 5.94. The summed E-state index contributed by atoms with van der Waals surface area (Å²) in [6, 6.07) is 2.13. The number of halogens is 3. The Hall–Kier alpha value is -1.39. The Morgan fingerprint density at radius 2 is 2.10 bits per heavy atom. The Morgan fingerprint density at radius 3 is 2.65 bits per heavy atom. The number of aromatic nitrogens is 1. The van der Waals surface area contributed by atoms with Gasteiger partial charge >= 0.3 is 6.18 Å². The summed E-state index contributed by atoms with van der Waals surface area (Å²) in [4.78, 5) is 16.0. The lowest BCUT2D eigenvalue weighted by atomic mass is 9.77. The van der Waals surface area contributed by atoms with Crippen LogP contribution in [0.5, 0.6) is 0 Å². The number of hydrogen-bond acceptors (Lipinski definition) is 2. The molecular formula is C15H18F3NO. The van der Waals surface area contributed by atoms with Gasteiger partial charge in [0.15, 0.2) is 5.78 Å². The molecule has 1 aromatic rings. The van der Waals surface area contributed by atoms with Crippen LogP contribution in [0.25, 0.3) is 0 Å². The first kappa shape index (κ1) is 15.0. The number of carbonyl (C=O) groups is 1. The molecule has 0 amide bonds. The molecule has 1 aromatic heterocycles. The van der Waals surface area contributed by atoms with E-state index in [1.165, 1.54) is 6.07 Å². The maximum atomic E-state index is 12.4. The normalized spacial score (nSPS) is 23.6. The topological polar surface area (TPSA) is 30.0 Å². The molecule has 0 bridgehead atoms. The molecule has 1 heterocycles. The zero-order chi connectivity index (χ0) is 14.8. The summed E-state index contributed by atoms with van der Waals surface area (Å²) < 4.78 is 37.3. The number of nitrogens with zero attached hydrogens (tertiary/aromatic N) is 1. The van der Waals surface area contributed by atoms with E-state index in [0.717, 1.165) is 44.4 Å². The molecule has 0 saturated heterocycles. The molecule has 0 radical (unpaired) electrons. The minimum absolute atomic E-state index is 0.0852. The van der Waals surface area contributed by atoms with Crippen molar-refractivity contribution in [2.75, 3.05) is 0 Å². The Kier molecular flexibility index (Phi) is 4.45. The zero-order valence-corrected chi connectivity index (χ0v) is 11.4. The van der Waals surface area contributed by atoms with Gasteiger partial charge in [-0.05, 0) is 30.9 Å². The van der Waals surface area contributed by atoms with Crippen LogP contribution >= 0.6 is 0 Å². The van der Waals surface area contributed by atoms with E-state index in [2.05, 4.69) is 11.9 Å². The molecule has 2 rings (SSSR count). The Bertz CT molecular complexity index is 467. The Morgan fingerprint density at radius 1 is 1.35 bits per heavy atom. The van der Waals surface area contributed by atoms with E-state index in [-0.39, 0.29) is 17.4 Å². The highest BCUT2D eigenvalue weighted by Crippen LogP contribution is 2.33. The van der Waals surface area contributed by atoms with Crippen molar-refractivity contribution in [2.24, 2.45) is 11.8 Å². The van der Waals surface area contributed by atoms with Crippen molar-refractivity contribution in [1.82, 2.24) is 4.98 Å². The van der Waals surface area contributed by atoms with Crippen LogP contribution in [-0.4, -0.2) is 10.8 Å². The van der Waals surface area contributed by atoms with Crippen LogP contribution in [0, 0.1) is 11.8 Å². The van der Waals surface area contributed by atoms with Crippen molar-refractivity contribution in [3.63, 3.8) is 0 Å². The van der Waals surface area contributed by atoms with Gasteiger partial charge < -0.3 is 0 Å². The maximum Gasteiger partial charge on any atom is 0.417 e. The van der Waals surface area contributed by atoms with Gasteiger partial charge in [0.1, 0.15) is 5.69 Å². The van der Waals surface area contributed by atoms with Crippen molar-refractivity contribution >= 4 is 5.78 Å². The summed E-state index contributed by atoms with van der Waals surface area (Å²) in [5, 5.41) is 0. The maximum absolute atomic E-state index is 12.4. The van der Waals surface area contributed by atoms with E-state index in [1.807, 2.05) is 0 Å². The van der Waals surface area contributed by atoms with Crippen LogP contribution in [-0.2, 0) is 6.18 Å². The predicted molar refractivity (Wildman–Crippen MR) is 69.3 cm³/mol. The van der Waals surface area contributed by atoms with Gasteiger partial charge in [-0.2, -0.15) is 13.2 Å². The van der Waals surface area contributed by atoms with E-state index >= 15 is 0 Å². The number of pyridine rings is 1. The van der Waals surface area contributed by atoms with Gasteiger partial charge in [-0.3, -0.25) is 9.78 Å². The number of hydrogen-bond donors (Lipinski definition) is 0. The molecule has 5 heteroatoms. The first-order valence-corrected chi connectivity index (χ1v) is 6.99. The number of rotatable bonds is 3. The SMILES string of the molecule is CCC1CCCC(C(=O)c2ccc(C(F)(F)F)cn2)C1. The van der Waals surface area contributed by atoms with Crippen molar-refractivity contribution < 1.29 is 18.0 Å². The molecule has 2 unspecified atom stereocenters. The molecule has 20 heavy (non-hydrogen) atoms. The van der Waals surface area contributed by atoms with Crippen LogP contribution in [0.3, 0.4) is 0 Å². The molecule has 0 aliphatic heterocycles. The minimum Gasteiger partial charge on any atom is -0.292 e. The van der Waals surface area contributed by atoms with Gasteiger partial charge in [-0.15, -0.1) is 0 Å². The second-order valence-electron chi connectivity index (χ2n) is 5.43. The van der Waals surface area contributed by atoms with Gasteiger partial charge in [0.05, 0.1) is 5.56 Å². The average Bonchev–Trinajstić information content (AvgIpc) is 2.46. The third kappa shape index (κ3) is 3.38. The fourth-order valence-electron chi connectivity index (χ4n) is 2.82. The highest BCUT2D eigenvalue weighted by molar-refractivity contribution is 5.96. The first-order valence-electron chi connectivity index (χ1n) is 6.99. The molecule has 2 nitrogen and oxygen atoms in total. The largest absolute Gasteiger partial charge is 0.417 e. The first-order chi connectivity index (χ1) is 9.41. The molecular weight excluding hydrogens is 267 g/mol. The van der Waals surface area contributed by atoms with E-state index < -0.39 is 11.7 Å². The lowest BCUT2D eigenvalue weighted by Gasteiger charge is -2.27. The monoisotopic (exact) mass is 285 g/mol. The van der Waals surface area contributed by atoms with Gasteiger partial charge in [0, 0.05) is 12.1 Å². The molecule has 0 N–H and O–H groups in total. The van der Waals surface area contributed by atoms with Gasteiger partial charge in [-0.1, -0.05) is 26.2 Å². The minimum atomic E-state index is -4.41. The number of alkyl halides is 3.